The molecule has 0 amide bonds. The molecule has 2 unspecified atom stereocenters. The average molecular weight is 307 g/mol. The Morgan fingerprint density at radius 2 is 2.10 bits per heavy atom. The monoisotopic (exact) mass is 307 g/mol. The molecule has 1 rings (SSSR count). The lowest BCUT2D eigenvalue weighted by Gasteiger charge is -2.31. The van der Waals surface area contributed by atoms with Gasteiger partial charge in [0.25, 0.3) is 0 Å². The van der Waals surface area contributed by atoms with Crippen LogP contribution in [0, 0.1) is 11.8 Å². The molecule has 116 valence electrons. The van der Waals surface area contributed by atoms with Crippen LogP contribution in [0.5, 0.6) is 0 Å². The Morgan fingerprint density at radius 1 is 1.45 bits per heavy atom. The molecular weight excluding hydrogens is 286 g/mol. The zero-order valence-corrected chi connectivity index (χ0v) is 12.6. The minimum atomic E-state index is -3.28. The maximum Gasteiger partial charge on any atom is 0.320 e. The molecule has 0 aromatic carbocycles. The van der Waals surface area contributed by atoms with Gasteiger partial charge in [-0.1, -0.05) is 0 Å². The van der Waals surface area contributed by atoms with E-state index in [0.29, 0.717) is 13.0 Å². The van der Waals surface area contributed by atoms with Crippen LogP contribution in [0.15, 0.2) is 0 Å². The van der Waals surface area contributed by atoms with Crippen LogP contribution in [0.4, 0.5) is 0 Å². The van der Waals surface area contributed by atoms with E-state index >= 15 is 0 Å². The summed E-state index contributed by atoms with van der Waals surface area (Å²) in [6, 6.07) is 0. The fourth-order valence-electron chi connectivity index (χ4n) is 2.39. The number of piperidine rings is 1. The van der Waals surface area contributed by atoms with Gasteiger partial charge in [0.2, 0.25) is 10.0 Å². The number of hydrogen-bond donors (Lipinski definition) is 1. The minimum Gasteiger partial charge on any atom is -0.481 e. The highest BCUT2D eigenvalue weighted by molar-refractivity contribution is 7.88. The molecule has 1 aliphatic heterocycles. The Morgan fingerprint density at radius 3 is 2.60 bits per heavy atom. The second-order valence-corrected chi connectivity index (χ2v) is 6.99. The molecule has 1 N–H and O–H groups in total. The van der Waals surface area contributed by atoms with Crippen molar-refractivity contribution in [1.29, 1.82) is 0 Å². The van der Waals surface area contributed by atoms with E-state index in [0.717, 1.165) is 12.7 Å². The number of aliphatic carboxylic acids is 1. The third kappa shape index (κ3) is 4.75. The summed E-state index contributed by atoms with van der Waals surface area (Å²) in [5.41, 5.74) is 0. The molecule has 7 nitrogen and oxygen atoms in total. The third-order valence-electron chi connectivity index (χ3n) is 3.39. The van der Waals surface area contributed by atoms with Crippen LogP contribution in [0.25, 0.3) is 0 Å². The molecule has 0 aromatic heterocycles. The van der Waals surface area contributed by atoms with E-state index in [4.69, 9.17) is 9.84 Å². The number of carboxylic acid groups (broad SMARTS) is 1. The van der Waals surface area contributed by atoms with Crippen molar-refractivity contribution >= 4 is 22.0 Å². The van der Waals surface area contributed by atoms with Crippen LogP contribution in [-0.4, -0.2) is 55.7 Å². The topological polar surface area (TPSA) is 101 Å². The van der Waals surface area contributed by atoms with Gasteiger partial charge in [-0.25, -0.2) is 12.7 Å². The minimum absolute atomic E-state index is 0.111. The lowest BCUT2D eigenvalue weighted by atomic mass is 9.89. The van der Waals surface area contributed by atoms with Crippen LogP contribution < -0.4 is 0 Å². The summed E-state index contributed by atoms with van der Waals surface area (Å²) in [5, 5.41) is 9.09. The second-order valence-electron chi connectivity index (χ2n) is 5.01. The van der Waals surface area contributed by atoms with E-state index in [9.17, 15) is 18.0 Å². The standard InChI is InChI=1S/C12H21NO6S/c1-3-19-12(16)10(11(14)15)7-9-5-4-6-13(8-9)20(2,17)18/h9-10H,3-8H2,1-2H3,(H,14,15). The number of sulfonamides is 1. The number of esters is 1. The number of carboxylic acids is 1. The molecule has 8 heteroatoms. The first-order valence-corrected chi connectivity index (χ1v) is 8.45. The molecule has 0 spiro atoms. The fourth-order valence-corrected chi connectivity index (χ4v) is 3.34. The number of nitrogens with zero attached hydrogens (tertiary/aromatic N) is 1. The highest BCUT2D eigenvalue weighted by atomic mass is 32.2. The highest BCUT2D eigenvalue weighted by Gasteiger charge is 2.34. The van der Waals surface area contributed by atoms with Crippen molar-refractivity contribution in [2.24, 2.45) is 11.8 Å². The predicted octanol–water partition coefficient (Wildman–Crippen LogP) is 0.312. The second kappa shape index (κ2) is 7.03. The Labute approximate surface area is 118 Å². The highest BCUT2D eigenvalue weighted by Crippen LogP contribution is 2.25. The molecular formula is C12H21NO6S. The molecule has 1 aliphatic rings. The van der Waals surface area contributed by atoms with Crippen LogP contribution in [0.1, 0.15) is 26.2 Å². The molecule has 0 aromatic rings. The SMILES string of the molecule is CCOC(=O)C(CC1CCCN(S(C)(=O)=O)C1)C(=O)O. The van der Waals surface area contributed by atoms with E-state index < -0.39 is 27.9 Å². The van der Waals surface area contributed by atoms with E-state index in [1.165, 1.54) is 4.31 Å². The number of rotatable bonds is 6. The van der Waals surface area contributed by atoms with Gasteiger partial charge in [0, 0.05) is 13.1 Å². The Bertz CT molecular complexity index is 461. The smallest absolute Gasteiger partial charge is 0.320 e. The predicted molar refractivity (Wildman–Crippen MR) is 71.5 cm³/mol. The first-order chi connectivity index (χ1) is 9.25. The molecule has 1 fully saturated rings. The van der Waals surface area contributed by atoms with Crippen LogP contribution in [0.2, 0.25) is 0 Å². The lowest BCUT2D eigenvalue weighted by Crippen LogP contribution is -2.41. The van der Waals surface area contributed by atoms with Crippen molar-refractivity contribution in [3.05, 3.63) is 0 Å². The van der Waals surface area contributed by atoms with Crippen molar-refractivity contribution in [1.82, 2.24) is 4.31 Å². The molecule has 1 saturated heterocycles. The largest absolute Gasteiger partial charge is 0.481 e. The lowest BCUT2D eigenvalue weighted by molar-refractivity contribution is -0.159. The Kier molecular flexibility index (Phi) is 5.94. The van der Waals surface area contributed by atoms with Crippen LogP contribution >= 0.6 is 0 Å². The first kappa shape index (κ1) is 16.9. The molecule has 0 aliphatic carbocycles. The summed E-state index contributed by atoms with van der Waals surface area (Å²) in [6.07, 6.45) is 2.64. The van der Waals surface area contributed by atoms with Gasteiger partial charge in [0.15, 0.2) is 5.92 Å². The van der Waals surface area contributed by atoms with Gasteiger partial charge in [-0.2, -0.15) is 0 Å². The zero-order valence-electron chi connectivity index (χ0n) is 11.7. The zero-order chi connectivity index (χ0) is 15.3. The number of carbonyl (C=O) groups is 2. The normalized spacial score (nSPS) is 22.2. The molecule has 0 radical (unpaired) electrons. The average Bonchev–Trinajstić information content (AvgIpc) is 2.35. The van der Waals surface area contributed by atoms with E-state index in [1.54, 1.807) is 6.92 Å². The van der Waals surface area contributed by atoms with Crippen molar-refractivity contribution in [3.8, 4) is 0 Å². The molecule has 20 heavy (non-hydrogen) atoms. The van der Waals surface area contributed by atoms with Crippen molar-refractivity contribution in [2.45, 2.75) is 26.2 Å². The quantitative estimate of drug-likeness (QED) is 0.560. The summed E-state index contributed by atoms with van der Waals surface area (Å²) in [5.74, 6) is -3.33. The van der Waals surface area contributed by atoms with Crippen LogP contribution in [0.3, 0.4) is 0 Å². The third-order valence-corrected chi connectivity index (χ3v) is 4.66. The number of ether oxygens (including phenoxy) is 1. The number of carbonyl (C=O) groups excluding carboxylic acids is 1. The van der Waals surface area contributed by atoms with Gasteiger partial charge < -0.3 is 9.84 Å². The Balaban J connectivity index is 2.69. The molecule has 0 saturated carbocycles. The molecule has 2 atom stereocenters. The van der Waals surface area contributed by atoms with Crippen molar-refractivity contribution in [3.63, 3.8) is 0 Å². The summed E-state index contributed by atoms with van der Waals surface area (Å²) >= 11 is 0. The van der Waals surface area contributed by atoms with Crippen molar-refractivity contribution in [2.75, 3.05) is 26.0 Å². The van der Waals surface area contributed by atoms with Gasteiger partial charge in [-0.3, -0.25) is 9.59 Å². The summed E-state index contributed by atoms with van der Waals surface area (Å²) in [7, 11) is -3.28. The summed E-state index contributed by atoms with van der Waals surface area (Å²) < 4.78 is 29.1. The van der Waals surface area contributed by atoms with E-state index in [-0.39, 0.29) is 25.5 Å². The molecule has 0 bridgehead atoms. The first-order valence-electron chi connectivity index (χ1n) is 6.60. The van der Waals surface area contributed by atoms with Gasteiger partial charge in [-0.15, -0.1) is 0 Å². The van der Waals surface area contributed by atoms with Gasteiger partial charge >= 0.3 is 11.9 Å². The maximum absolute atomic E-state index is 11.6. The number of hydrogen-bond acceptors (Lipinski definition) is 5. The van der Waals surface area contributed by atoms with E-state index in [2.05, 4.69) is 0 Å². The maximum atomic E-state index is 11.6. The Hall–Kier alpha value is -1.15. The summed E-state index contributed by atoms with van der Waals surface area (Å²) in [4.78, 5) is 22.7. The van der Waals surface area contributed by atoms with Gasteiger partial charge in [0.05, 0.1) is 12.9 Å². The van der Waals surface area contributed by atoms with Crippen molar-refractivity contribution < 1.29 is 27.9 Å². The summed E-state index contributed by atoms with van der Waals surface area (Å²) in [6.45, 7) is 2.46. The van der Waals surface area contributed by atoms with Gasteiger partial charge in [-0.05, 0) is 32.1 Å². The van der Waals surface area contributed by atoms with Gasteiger partial charge in [0.1, 0.15) is 0 Å². The molecule has 1 heterocycles. The van der Waals surface area contributed by atoms with Crippen LogP contribution in [-0.2, 0) is 24.3 Å². The fraction of sp³-hybridized carbons (Fsp3) is 0.833. The van der Waals surface area contributed by atoms with E-state index in [1.807, 2.05) is 0 Å².